The molecule has 0 unspecified atom stereocenters. The van der Waals surface area contributed by atoms with Crippen molar-refractivity contribution in [2.45, 2.75) is 11.3 Å². The van der Waals surface area contributed by atoms with Crippen molar-refractivity contribution in [3.8, 4) is 10.8 Å². The standard InChI is InChI=1S/C10H3ClF3IN4O2S2/c11-23(20,21)3-1-4(12)5-7(15)16-8(19(5)2-3)10-18-17-9(22-10)6(13)14/h1-2,6H. The molecule has 0 amide bonds. The Morgan fingerprint density at radius 2 is 2.04 bits per heavy atom. The monoisotopic (exact) mass is 494 g/mol. The largest absolute Gasteiger partial charge is 0.293 e. The van der Waals surface area contributed by atoms with Crippen LogP contribution in [-0.2, 0) is 9.05 Å². The lowest BCUT2D eigenvalue weighted by Gasteiger charge is -2.02. The Hall–Kier alpha value is -0.990. The Labute approximate surface area is 148 Å². The van der Waals surface area contributed by atoms with E-state index in [4.69, 9.17) is 10.7 Å². The second-order valence-corrected chi connectivity index (χ2v) is 8.75. The number of alkyl halides is 2. The molecule has 0 aliphatic heterocycles. The highest BCUT2D eigenvalue weighted by Gasteiger charge is 2.23. The van der Waals surface area contributed by atoms with Crippen LogP contribution in [0.1, 0.15) is 11.4 Å². The molecule has 3 aromatic heterocycles. The minimum absolute atomic E-state index is 0.00161. The van der Waals surface area contributed by atoms with Crippen molar-refractivity contribution in [3.63, 3.8) is 0 Å². The van der Waals surface area contributed by atoms with Crippen LogP contribution in [0.25, 0.3) is 16.3 Å². The normalized spacial score (nSPS) is 12.4. The summed E-state index contributed by atoms with van der Waals surface area (Å²) in [4.78, 5) is 3.56. The second kappa shape index (κ2) is 5.82. The molecule has 0 saturated carbocycles. The van der Waals surface area contributed by atoms with Crippen LogP contribution < -0.4 is 0 Å². The van der Waals surface area contributed by atoms with E-state index < -0.39 is 31.2 Å². The van der Waals surface area contributed by atoms with Gasteiger partial charge in [-0.2, -0.15) is 0 Å². The summed E-state index contributed by atoms with van der Waals surface area (Å²) in [5, 5.41) is 6.40. The first-order valence-corrected chi connectivity index (χ1v) is 9.82. The number of rotatable bonds is 3. The van der Waals surface area contributed by atoms with Crippen molar-refractivity contribution in [2.24, 2.45) is 0 Å². The van der Waals surface area contributed by atoms with Gasteiger partial charge in [0.15, 0.2) is 21.7 Å². The summed E-state index contributed by atoms with van der Waals surface area (Å²) in [7, 11) is 1.04. The van der Waals surface area contributed by atoms with E-state index in [0.717, 1.165) is 16.7 Å². The molecular weight excluding hydrogens is 492 g/mol. The number of pyridine rings is 1. The highest BCUT2D eigenvalue weighted by molar-refractivity contribution is 14.1. The third kappa shape index (κ3) is 3.04. The molecule has 0 atom stereocenters. The zero-order valence-electron chi connectivity index (χ0n) is 10.5. The second-order valence-electron chi connectivity index (χ2n) is 4.15. The first-order chi connectivity index (χ1) is 10.7. The van der Waals surface area contributed by atoms with Crippen LogP contribution in [-0.4, -0.2) is 28.0 Å². The molecule has 3 rings (SSSR count). The molecule has 0 fully saturated rings. The maximum absolute atomic E-state index is 14.2. The third-order valence-corrected chi connectivity index (χ3v) is 5.72. The smallest absolute Gasteiger partial charge is 0.291 e. The molecule has 0 bridgehead atoms. The molecule has 0 aliphatic carbocycles. The Bertz CT molecular complexity index is 1020. The van der Waals surface area contributed by atoms with E-state index in [1.165, 1.54) is 0 Å². The highest BCUT2D eigenvalue weighted by atomic mass is 127. The molecule has 0 spiro atoms. The van der Waals surface area contributed by atoms with Gasteiger partial charge in [0.25, 0.3) is 15.5 Å². The SMILES string of the molecule is O=S(=O)(Cl)c1cc(F)c2c(I)nc(-c3nnc(C(F)F)s3)n2c1. The minimum Gasteiger partial charge on any atom is -0.293 e. The number of fused-ring (bicyclic) bond motifs is 1. The van der Waals surface area contributed by atoms with E-state index in [1.54, 1.807) is 22.6 Å². The Morgan fingerprint density at radius 1 is 1.35 bits per heavy atom. The van der Waals surface area contributed by atoms with E-state index in [1.807, 2.05) is 0 Å². The number of halogens is 5. The fourth-order valence-corrected chi connectivity index (χ4v) is 3.96. The first kappa shape index (κ1) is 16.9. The lowest BCUT2D eigenvalue weighted by atomic mass is 10.4. The minimum atomic E-state index is -4.19. The van der Waals surface area contributed by atoms with E-state index in [2.05, 4.69) is 15.2 Å². The van der Waals surface area contributed by atoms with Crippen LogP contribution in [0.3, 0.4) is 0 Å². The summed E-state index contributed by atoms with van der Waals surface area (Å²) < 4.78 is 63.5. The predicted molar refractivity (Wildman–Crippen MR) is 84.8 cm³/mol. The van der Waals surface area contributed by atoms with E-state index in [-0.39, 0.29) is 20.0 Å². The van der Waals surface area contributed by atoms with E-state index in [0.29, 0.717) is 11.3 Å². The Balaban J connectivity index is 2.30. The number of aromatic nitrogens is 4. The van der Waals surface area contributed by atoms with Crippen LogP contribution in [0.5, 0.6) is 0 Å². The van der Waals surface area contributed by atoms with Crippen molar-refractivity contribution in [1.29, 1.82) is 0 Å². The van der Waals surface area contributed by atoms with E-state index >= 15 is 0 Å². The molecule has 3 aromatic rings. The van der Waals surface area contributed by atoms with Gasteiger partial charge in [-0.25, -0.2) is 26.6 Å². The fourth-order valence-electron chi connectivity index (χ4n) is 1.80. The summed E-state index contributed by atoms with van der Waals surface area (Å²) in [6, 6.07) is 0.760. The number of imidazole rings is 1. The van der Waals surface area contributed by atoms with Crippen LogP contribution >= 0.6 is 44.6 Å². The van der Waals surface area contributed by atoms with Crippen molar-refractivity contribution in [2.75, 3.05) is 0 Å². The van der Waals surface area contributed by atoms with Crippen LogP contribution in [0.4, 0.5) is 13.2 Å². The zero-order chi connectivity index (χ0) is 16.9. The van der Waals surface area contributed by atoms with Gasteiger partial charge in [0.1, 0.15) is 14.1 Å². The molecule has 0 saturated heterocycles. The van der Waals surface area contributed by atoms with Crippen LogP contribution in [0.15, 0.2) is 17.2 Å². The molecule has 13 heteroatoms. The Kier molecular flexibility index (Phi) is 4.27. The number of hydrogen-bond acceptors (Lipinski definition) is 6. The molecule has 0 radical (unpaired) electrons. The van der Waals surface area contributed by atoms with Crippen molar-refractivity contribution >= 4 is 59.2 Å². The van der Waals surface area contributed by atoms with Crippen LogP contribution in [0.2, 0.25) is 0 Å². The maximum Gasteiger partial charge on any atom is 0.291 e. The molecule has 23 heavy (non-hydrogen) atoms. The molecule has 0 aliphatic rings. The third-order valence-electron chi connectivity index (χ3n) is 2.72. The van der Waals surface area contributed by atoms with Gasteiger partial charge in [-0.1, -0.05) is 11.3 Å². The van der Waals surface area contributed by atoms with Gasteiger partial charge in [-0.15, -0.1) is 10.2 Å². The molecular formula is C10H3ClF3IN4O2S2. The van der Waals surface area contributed by atoms with Gasteiger partial charge in [0.05, 0.1) is 0 Å². The predicted octanol–water partition coefficient (Wildman–Crippen LogP) is 3.46. The average molecular weight is 495 g/mol. The van der Waals surface area contributed by atoms with Gasteiger partial charge in [0.2, 0.25) is 0 Å². The van der Waals surface area contributed by atoms with Gasteiger partial charge in [-0.3, -0.25) is 4.40 Å². The highest BCUT2D eigenvalue weighted by Crippen LogP contribution is 2.32. The summed E-state index contributed by atoms with van der Waals surface area (Å²) in [6.07, 6.45) is -1.75. The molecule has 3 heterocycles. The summed E-state index contributed by atoms with van der Waals surface area (Å²) in [5.41, 5.74) is -0.0153. The number of hydrogen-bond donors (Lipinski definition) is 0. The van der Waals surface area contributed by atoms with Gasteiger partial charge in [0, 0.05) is 16.9 Å². The maximum atomic E-state index is 14.2. The molecule has 0 N–H and O–H groups in total. The topological polar surface area (TPSA) is 77.2 Å². The molecule has 122 valence electrons. The molecule has 6 nitrogen and oxygen atoms in total. The van der Waals surface area contributed by atoms with Crippen LogP contribution in [0, 0.1) is 9.52 Å². The van der Waals surface area contributed by atoms with E-state index in [9.17, 15) is 21.6 Å². The zero-order valence-corrected chi connectivity index (χ0v) is 15.1. The number of nitrogens with zero attached hydrogens (tertiary/aromatic N) is 4. The first-order valence-electron chi connectivity index (χ1n) is 5.62. The summed E-state index contributed by atoms with van der Waals surface area (Å²) in [6.45, 7) is 0. The summed E-state index contributed by atoms with van der Waals surface area (Å²) in [5.74, 6) is -0.872. The van der Waals surface area contributed by atoms with Gasteiger partial charge in [-0.05, 0) is 28.7 Å². The fraction of sp³-hybridized carbons (Fsp3) is 0.100. The lowest BCUT2D eigenvalue weighted by Crippen LogP contribution is -1.99. The quantitative estimate of drug-likeness (QED) is 0.412. The van der Waals surface area contributed by atoms with Crippen molar-refractivity contribution in [1.82, 2.24) is 19.6 Å². The van der Waals surface area contributed by atoms with Gasteiger partial charge < -0.3 is 0 Å². The van der Waals surface area contributed by atoms with Crippen molar-refractivity contribution < 1.29 is 21.6 Å². The lowest BCUT2D eigenvalue weighted by molar-refractivity contribution is 0.150. The average Bonchev–Trinajstić information content (AvgIpc) is 3.02. The Morgan fingerprint density at radius 3 is 2.61 bits per heavy atom. The summed E-state index contributed by atoms with van der Waals surface area (Å²) >= 11 is 2.32. The molecule has 0 aromatic carbocycles. The van der Waals surface area contributed by atoms with Gasteiger partial charge >= 0.3 is 0 Å². The van der Waals surface area contributed by atoms with Crippen molar-refractivity contribution in [3.05, 3.63) is 26.8 Å².